The molecule has 3 aliphatic rings. The van der Waals surface area contributed by atoms with Crippen LogP contribution in [-0.4, -0.2) is 6.54 Å². The van der Waals surface area contributed by atoms with E-state index >= 15 is 0 Å². The molecule has 62 heavy (non-hydrogen) atoms. The van der Waals surface area contributed by atoms with Crippen LogP contribution in [0.5, 0.6) is 23.0 Å². The molecule has 1 aliphatic heterocycles. The smallest absolute Gasteiger partial charge is 0.137 e. The molecule has 302 valence electrons. The lowest BCUT2D eigenvalue weighted by molar-refractivity contribution is 0.481. The topological polar surface area (TPSA) is 24.9 Å². The largest absolute Gasteiger partial charge is 0.457 e. The number of hydrogen-bond acceptors (Lipinski definition) is 4. The van der Waals surface area contributed by atoms with Crippen molar-refractivity contribution in [2.24, 2.45) is 5.92 Å². The third kappa shape index (κ3) is 7.91. The van der Waals surface area contributed by atoms with Crippen molar-refractivity contribution >= 4 is 33.5 Å². The van der Waals surface area contributed by atoms with Crippen LogP contribution < -0.4 is 19.3 Å². The molecule has 0 bridgehead atoms. The summed E-state index contributed by atoms with van der Waals surface area (Å²) in [5.74, 6) is 3.58. The van der Waals surface area contributed by atoms with Crippen LogP contribution in [0, 0.1) is 5.92 Å². The molecular weight excluding hydrogens is 757 g/mol. The maximum absolute atomic E-state index is 6.85. The first-order valence-corrected chi connectivity index (χ1v) is 21.7. The van der Waals surface area contributed by atoms with Gasteiger partial charge in [-0.2, -0.15) is 0 Å². The molecule has 0 saturated heterocycles. The molecule has 0 radical (unpaired) electrons. The second kappa shape index (κ2) is 17.6. The Labute approximate surface area is 365 Å². The van der Waals surface area contributed by atoms with Crippen LogP contribution in [0.4, 0.5) is 22.7 Å². The van der Waals surface area contributed by atoms with Crippen molar-refractivity contribution in [1.82, 2.24) is 0 Å². The van der Waals surface area contributed by atoms with Crippen LogP contribution in [0.2, 0.25) is 0 Å². The van der Waals surface area contributed by atoms with Gasteiger partial charge < -0.3 is 19.3 Å². The van der Waals surface area contributed by atoms with Gasteiger partial charge in [-0.15, -0.1) is 0 Å². The van der Waals surface area contributed by atoms with E-state index in [-0.39, 0.29) is 0 Å². The Morgan fingerprint density at radius 3 is 2.19 bits per heavy atom. The number of para-hydroxylation sites is 1. The fourth-order valence-electron chi connectivity index (χ4n) is 8.80. The molecule has 1 atom stereocenters. The molecule has 1 unspecified atom stereocenters. The first-order chi connectivity index (χ1) is 30.7. The molecule has 0 saturated carbocycles. The van der Waals surface area contributed by atoms with E-state index in [2.05, 4.69) is 216 Å². The predicted octanol–water partition coefficient (Wildman–Crippen LogP) is 16.2. The highest BCUT2D eigenvalue weighted by molar-refractivity contribution is 6.07. The molecular formula is C58H48N2O2. The Balaban J connectivity index is 0.965. The van der Waals surface area contributed by atoms with E-state index in [1.54, 1.807) is 0 Å². The third-order valence-corrected chi connectivity index (χ3v) is 11.9. The van der Waals surface area contributed by atoms with E-state index < -0.39 is 0 Å². The van der Waals surface area contributed by atoms with Gasteiger partial charge in [0.05, 0.1) is 0 Å². The summed E-state index contributed by atoms with van der Waals surface area (Å²) in [7, 11) is 0. The van der Waals surface area contributed by atoms with Crippen LogP contribution in [0.25, 0.3) is 33.0 Å². The Morgan fingerprint density at radius 2 is 1.40 bits per heavy atom. The Kier molecular flexibility index (Phi) is 11.0. The summed E-state index contributed by atoms with van der Waals surface area (Å²) >= 11 is 0. The fourth-order valence-corrected chi connectivity index (χ4v) is 8.80. The predicted molar refractivity (Wildman–Crippen MR) is 259 cm³/mol. The maximum atomic E-state index is 6.85. The molecule has 4 heteroatoms. The highest BCUT2D eigenvalue weighted by atomic mass is 16.5. The second-order valence-corrected chi connectivity index (χ2v) is 15.8. The lowest BCUT2D eigenvalue weighted by Gasteiger charge is -2.30. The van der Waals surface area contributed by atoms with E-state index in [1.807, 2.05) is 19.1 Å². The molecule has 10 rings (SSSR count). The molecule has 7 aromatic carbocycles. The Morgan fingerprint density at radius 1 is 0.629 bits per heavy atom. The normalized spacial score (nSPS) is 15.3. The SMILES string of the molecule is C/C=C\C=C/CN(c1ccccc1)c1ccc2c(c1)Oc1cccc3c(Oc4cccc(N(C5=CCC(C6=CCCC=C6)C=C5)c5ccc(-c6ccccc6)cc5)c4)ccc-2c13. The average Bonchev–Trinajstić information content (AvgIpc) is 3.34. The lowest BCUT2D eigenvalue weighted by atomic mass is 9.88. The monoisotopic (exact) mass is 804 g/mol. The van der Waals surface area contributed by atoms with Gasteiger partial charge in [0.25, 0.3) is 0 Å². The molecule has 4 nitrogen and oxygen atoms in total. The lowest BCUT2D eigenvalue weighted by Crippen LogP contribution is -2.18. The minimum atomic E-state index is 0.387. The zero-order chi connectivity index (χ0) is 41.7. The number of anilines is 4. The molecule has 1 heterocycles. The molecule has 0 fully saturated rings. The fraction of sp³-hybridized carbons (Fsp3) is 0.103. The van der Waals surface area contributed by atoms with Crippen LogP contribution >= 0.6 is 0 Å². The van der Waals surface area contributed by atoms with Crippen LogP contribution in [0.1, 0.15) is 26.2 Å². The second-order valence-electron chi connectivity index (χ2n) is 15.8. The van der Waals surface area contributed by atoms with E-state index in [0.29, 0.717) is 5.92 Å². The summed E-state index contributed by atoms with van der Waals surface area (Å²) in [6.07, 6.45) is 25.6. The summed E-state index contributed by atoms with van der Waals surface area (Å²) in [6.45, 7) is 2.76. The molecule has 2 aliphatic carbocycles. The van der Waals surface area contributed by atoms with Crippen molar-refractivity contribution in [3.63, 3.8) is 0 Å². The van der Waals surface area contributed by atoms with Crippen LogP contribution in [0.15, 0.2) is 230 Å². The molecule has 0 spiro atoms. The number of hydrogen-bond donors (Lipinski definition) is 0. The van der Waals surface area contributed by atoms with Gasteiger partial charge in [0, 0.05) is 69.4 Å². The standard InChI is InChI=1S/C58H48N2O2/c1-2-3-4-14-39-59(46-21-12-7-13-22-46)49-35-36-52-53-37-38-55(54-25-16-26-56(58(53)54)62-57(52)41-49)61-51-24-15-23-50(40-51)60(47-31-27-44(28-32-47)42-17-8-5-9-18-42)48-33-29-45(30-34-48)43-19-10-6-11-20-43/h2-5,7-10,12-29,31-38,40-41,45H,6,11,30,39H2,1H3/b3-2-,14-4-. The van der Waals surface area contributed by atoms with E-state index in [1.165, 1.54) is 16.7 Å². The third-order valence-electron chi connectivity index (χ3n) is 11.9. The molecule has 0 amide bonds. The maximum Gasteiger partial charge on any atom is 0.137 e. The van der Waals surface area contributed by atoms with Crippen molar-refractivity contribution in [3.8, 4) is 45.3 Å². The molecule has 0 N–H and O–H groups in total. The number of nitrogens with zero attached hydrogens (tertiary/aromatic N) is 2. The minimum absolute atomic E-state index is 0.387. The first kappa shape index (κ1) is 38.6. The number of rotatable bonds is 12. The van der Waals surface area contributed by atoms with Crippen molar-refractivity contribution in [3.05, 3.63) is 230 Å². The van der Waals surface area contributed by atoms with Crippen LogP contribution in [0.3, 0.4) is 0 Å². The van der Waals surface area contributed by atoms with Gasteiger partial charge in [-0.1, -0.05) is 134 Å². The summed E-state index contributed by atoms with van der Waals surface area (Å²) < 4.78 is 13.6. The Bertz CT molecular complexity index is 2920. The van der Waals surface area contributed by atoms with E-state index in [9.17, 15) is 0 Å². The van der Waals surface area contributed by atoms with Gasteiger partial charge in [0.1, 0.15) is 23.0 Å². The number of benzene rings is 7. The summed E-state index contributed by atoms with van der Waals surface area (Å²) in [4.78, 5) is 4.64. The highest BCUT2D eigenvalue weighted by Crippen LogP contribution is 2.50. The van der Waals surface area contributed by atoms with Gasteiger partial charge >= 0.3 is 0 Å². The van der Waals surface area contributed by atoms with Crippen molar-refractivity contribution in [1.29, 1.82) is 0 Å². The van der Waals surface area contributed by atoms with Crippen LogP contribution in [-0.2, 0) is 0 Å². The van der Waals surface area contributed by atoms with E-state index in [0.717, 1.165) is 99.2 Å². The number of fused-ring (bicyclic) bond motifs is 2. The summed E-state index contributed by atoms with van der Waals surface area (Å²) in [6, 6.07) is 55.4. The van der Waals surface area contributed by atoms with Gasteiger partial charge in [0.15, 0.2) is 0 Å². The summed E-state index contributed by atoms with van der Waals surface area (Å²) in [5.41, 5.74) is 11.4. The molecule has 7 aromatic rings. The van der Waals surface area contributed by atoms with Gasteiger partial charge in [0.2, 0.25) is 0 Å². The minimum Gasteiger partial charge on any atom is -0.457 e. The number of ether oxygens (including phenoxy) is 2. The number of allylic oxidation sites excluding steroid dienone is 10. The zero-order valence-electron chi connectivity index (χ0n) is 34.9. The van der Waals surface area contributed by atoms with E-state index in [4.69, 9.17) is 9.47 Å². The summed E-state index contributed by atoms with van der Waals surface area (Å²) in [5, 5.41) is 2.05. The molecule has 0 aromatic heterocycles. The highest BCUT2D eigenvalue weighted by Gasteiger charge is 2.24. The Hall–Kier alpha value is -7.56. The van der Waals surface area contributed by atoms with Crippen molar-refractivity contribution in [2.45, 2.75) is 26.2 Å². The van der Waals surface area contributed by atoms with Gasteiger partial charge in [-0.3, -0.25) is 0 Å². The first-order valence-electron chi connectivity index (χ1n) is 21.7. The van der Waals surface area contributed by atoms with Gasteiger partial charge in [-0.25, -0.2) is 0 Å². The van der Waals surface area contributed by atoms with Gasteiger partial charge in [-0.05, 0) is 121 Å². The van der Waals surface area contributed by atoms with Crippen molar-refractivity contribution in [2.75, 3.05) is 16.3 Å². The van der Waals surface area contributed by atoms with Crippen molar-refractivity contribution < 1.29 is 9.47 Å². The zero-order valence-corrected chi connectivity index (χ0v) is 34.9. The quantitative estimate of drug-likeness (QED) is 0.115. The average molecular weight is 805 g/mol.